The van der Waals surface area contributed by atoms with Gasteiger partial charge in [-0.2, -0.15) is 0 Å². The highest BCUT2D eigenvalue weighted by Crippen LogP contribution is 2.36. The lowest BCUT2D eigenvalue weighted by molar-refractivity contribution is -0.123. The molecular weight excluding hydrogens is 216 g/mol. The van der Waals surface area contributed by atoms with Gasteiger partial charge < -0.3 is 15.8 Å². The van der Waals surface area contributed by atoms with Crippen molar-refractivity contribution < 1.29 is 9.53 Å². The first-order valence-electron chi connectivity index (χ1n) is 4.68. The third-order valence-electron chi connectivity index (χ3n) is 2.21. The van der Waals surface area contributed by atoms with Crippen LogP contribution in [0.4, 0.5) is 5.69 Å². The Kier molecular flexibility index (Phi) is 2.79. The van der Waals surface area contributed by atoms with Crippen LogP contribution in [0, 0.1) is 0 Å². The molecule has 5 heteroatoms. The zero-order valence-electron chi connectivity index (χ0n) is 8.00. The number of ether oxygens (including phenoxy) is 1. The number of nitrogens with two attached hydrogens (primary N) is 1. The molecule has 1 aromatic carbocycles. The quantitative estimate of drug-likeness (QED) is 0.801. The van der Waals surface area contributed by atoms with Gasteiger partial charge in [0, 0.05) is 6.42 Å². The number of hydrogen-bond acceptors (Lipinski definition) is 3. The van der Waals surface area contributed by atoms with E-state index in [-0.39, 0.29) is 5.91 Å². The molecule has 1 amide bonds. The zero-order valence-corrected chi connectivity index (χ0v) is 8.75. The molecule has 0 spiro atoms. The molecule has 15 heavy (non-hydrogen) atoms. The molecule has 1 unspecified atom stereocenters. The number of fused-ring (bicyclic) bond motifs is 1. The second-order valence-electron chi connectivity index (χ2n) is 3.29. The van der Waals surface area contributed by atoms with E-state index in [9.17, 15) is 4.79 Å². The molecule has 0 aromatic heterocycles. The van der Waals surface area contributed by atoms with Crippen molar-refractivity contribution in [3.05, 3.63) is 23.2 Å². The van der Waals surface area contributed by atoms with Crippen LogP contribution in [0.2, 0.25) is 5.02 Å². The van der Waals surface area contributed by atoms with Gasteiger partial charge in [-0.05, 0) is 18.7 Å². The van der Waals surface area contributed by atoms with Crippen molar-refractivity contribution >= 4 is 23.2 Å². The van der Waals surface area contributed by atoms with E-state index in [0.29, 0.717) is 29.4 Å². The van der Waals surface area contributed by atoms with Crippen molar-refractivity contribution in [2.24, 2.45) is 5.73 Å². The van der Waals surface area contributed by atoms with Crippen molar-refractivity contribution in [2.75, 3.05) is 11.9 Å². The van der Waals surface area contributed by atoms with E-state index in [0.717, 1.165) is 0 Å². The van der Waals surface area contributed by atoms with Gasteiger partial charge in [-0.15, -0.1) is 0 Å². The van der Waals surface area contributed by atoms with Gasteiger partial charge in [0.05, 0.1) is 10.7 Å². The number of carbonyl (C=O) groups is 1. The minimum absolute atomic E-state index is 0.171. The van der Waals surface area contributed by atoms with Gasteiger partial charge >= 0.3 is 0 Å². The summed E-state index contributed by atoms with van der Waals surface area (Å²) < 4.78 is 5.49. The van der Waals surface area contributed by atoms with E-state index in [1.165, 1.54) is 0 Å². The number of hydrogen-bond donors (Lipinski definition) is 2. The molecule has 1 aromatic rings. The smallest absolute Gasteiger partial charge is 0.265 e. The molecule has 2 rings (SSSR count). The maximum atomic E-state index is 11.5. The minimum atomic E-state index is -0.539. The fourth-order valence-electron chi connectivity index (χ4n) is 1.48. The maximum Gasteiger partial charge on any atom is 0.265 e. The lowest BCUT2D eigenvalue weighted by atomic mass is 10.1. The lowest BCUT2D eigenvalue weighted by Gasteiger charge is -2.26. The Labute approximate surface area is 92.4 Å². The van der Waals surface area contributed by atoms with E-state index >= 15 is 0 Å². The lowest BCUT2D eigenvalue weighted by Crippen LogP contribution is -2.38. The Morgan fingerprint density at radius 2 is 2.33 bits per heavy atom. The van der Waals surface area contributed by atoms with Crippen molar-refractivity contribution in [3.8, 4) is 5.75 Å². The van der Waals surface area contributed by atoms with Crippen molar-refractivity contribution in [1.82, 2.24) is 0 Å². The highest BCUT2D eigenvalue weighted by molar-refractivity contribution is 6.32. The maximum absolute atomic E-state index is 11.5. The van der Waals surface area contributed by atoms with Crippen LogP contribution in [0.3, 0.4) is 0 Å². The number of halogens is 1. The number of nitrogens with one attached hydrogen (secondary N) is 1. The molecule has 0 aliphatic carbocycles. The molecule has 3 N–H and O–H groups in total. The number of amides is 1. The summed E-state index contributed by atoms with van der Waals surface area (Å²) in [5.41, 5.74) is 6.00. The first-order chi connectivity index (χ1) is 7.22. The summed E-state index contributed by atoms with van der Waals surface area (Å²) in [6.07, 6.45) is -0.0568. The molecule has 1 aliphatic rings. The van der Waals surface area contributed by atoms with E-state index in [4.69, 9.17) is 22.1 Å². The average Bonchev–Trinajstić information content (AvgIpc) is 2.21. The van der Waals surface area contributed by atoms with E-state index in [1.807, 2.05) is 0 Å². The molecule has 4 nitrogen and oxygen atoms in total. The fraction of sp³-hybridized carbons (Fsp3) is 0.300. The van der Waals surface area contributed by atoms with Crippen molar-refractivity contribution in [2.45, 2.75) is 12.5 Å². The fourth-order valence-corrected chi connectivity index (χ4v) is 1.70. The van der Waals surface area contributed by atoms with E-state index in [2.05, 4.69) is 5.32 Å². The Bertz CT molecular complexity index is 395. The second-order valence-corrected chi connectivity index (χ2v) is 3.70. The standard InChI is InChI=1S/C10H11ClN2O2/c11-6-2-1-3-7-9(6)15-8(4-5-12)10(14)13-7/h1-3,8H,4-5,12H2,(H,13,14). The molecule has 0 saturated heterocycles. The Morgan fingerprint density at radius 3 is 3.07 bits per heavy atom. The third kappa shape index (κ3) is 1.91. The van der Waals surface area contributed by atoms with Gasteiger partial charge in [-0.25, -0.2) is 0 Å². The molecule has 0 radical (unpaired) electrons. The summed E-state index contributed by atoms with van der Waals surface area (Å²) in [6, 6.07) is 5.23. The summed E-state index contributed by atoms with van der Waals surface area (Å²) in [7, 11) is 0. The molecule has 1 aliphatic heterocycles. The van der Waals surface area contributed by atoms with E-state index in [1.54, 1.807) is 18.2 Å². The van der Waals surface area contributed by atoms with Crippen LogP contribution >= 0.6 is 11.6 Å². The van der Waals surface area contributed by atoms with Gasteiger partial charge in [0.2, 0.25) is 0 Å². The van der Waals surface area contributed by atoms with Crippen LogP contribution in [-0.4, -0.2) is 18.6 Å². The highest BCUT2D eigenvalue weighted by Gasteiger charge is 2.27. The second kappa shape index (κ2) is 4.08. The van der Waals surface area contributed by atoms with Crippen LogP contribution < -0.4 is 15.8 Å². The number of rotatable bonds is 2. The topological polar surface area (TPSA) is 64.3 Å². The summed E-state index contributed by atoms with van der Waals surface area (Å²) in [5, 5.41) is 3.23. The van der Waals surface area contributed by atoms with Crippen molar-refractivity contribution in [3.63, 3.8) is 0 Å². The molecule has 0 fully saturated rings. The zero-order chi connectivity index (χ0) is 10.8. The minimum Gasteiger partial charge on any atom is -0.477 e. The molecule has 80 valence electrons. The van der Waals surface area contributed by atoms with Gasteiger partial charge in [0.25, 0.3) is 5.91 Å². The Balaban J connectivity index is 2.30. The van der Waals surface area contributed by atoms with Crippen LogP contribution in [0.15, 0.2) is 18.2 Å². The van der Waals surface area contributed by atoms with Gasteiger partial charge in [0.1, 0.15) is 0 Å². The number of benzene rings is 1. The summed E-state index contributed by atoms with van der Waals surface area (Å²) in [5.74, 6) is 0.354. The van der Waals surface area contributed by atoms with Crippen molar-refractivity contribution in [1.29, 1.82) is 0 Å². The number of para-hydroxylation sites is 1. The first-order valence-corrected chi connectivity index (χ1v) is 5.06. The van der Waals surface area contributed by atoms with Crippen LogP contribution in [0.25, 0.3) is 0 Å². The van der Waals surface area contributed by atoms with Gasteiger partial charge in [0.15, 0.2) is 11.9 Å². The highest BCUT2D eigenvalue weighted by atomic mass is 35.5. The predicted molar refractivity (Wildman–Crippen MR) is 58.2 cm³/mol. The summed E-state index contributed by atoms with van der Waals surface area (Å²) in [4.78, 5) is 11.5. The SMILES string of the molecule is NCCC1Oc2c(Cl)cccc2NC1=O. The van der Waals surface area contributed by atoms with Crippen LogP contribution in [0.5, 0.6) is 5.75 Å². The van der Waals surface area contributed by atoms with Gasteiger partial charge in [-0.1, -0.05) is 17.7 Å². The Hall–Kier alpha value is -1.26. The summed E-state index contributed by atoms with van der Waals surface area (Å²) in [6.45, 7) is 0.401. The first kappa shape index (κ1) is 10.3. The van der Waals surface area contributed by atoms with Crippen LogP contribution in [0.1, 0.15) is 6.42 Å². The van der Waals surface area contributed by atoms with E-state index < -0.39 is 6.10 Å². The average molecular weight is 227 g/mol. The van der Waals surface area contributed by atoms with Gasteiger partial charge in [-0.3, -0.25) is 4.79 Å². The molecule has 1 atom stereocenters. The molecule has 0 saturated carbocycles. The molecular formula is C10H11ClN2O2. The Morgan fingerprint density at radius 1 is 1.53 bits per heavy atom. The van der Waals surface area contributed by atoms with Crippen LogP contribution in [-0.2, 0) is 4.79 Å². The normalized spacial score (nSPS) is 19.1. The monoisotopic (exact) mass is 226 g/mol. The number of carbonyl (C=O) groups excluding carboxylic acids is 1. The largest absolute Gasteiger partial charge is 0.477 e. The predicted octanol–water partition coefficient (Wildman–Crippen LogP) is 1.39. The summed E-state index contributed by atoms with van der Waals surface area (Å²) >= 11 is 5.95. The number of anilines is 1. The molecule has 1 heterocycles. The molecule has 0 bridgehead atoms. The third-order valence-corrected chi connectivity index (χ3v) is 2.50.